The van der Waals surface area contributed by atoms with Gasteiger partial charge in [0, 0.05) is 5.41 Å². The van der Waals surface area contributed by atoms with Gasteiger partial charge in [0.2, 0.25) is 0 Å². The van der Waals surface area contributed by atoms with E-state index in [0.717, 1.165) is 18.3 Å². The Kier molecular flexibility index (Phi) is 3.36. The van der Waals surface area contributed by atoms with Gasteiger partial charge in [0.1, 0.15) is 0 Å². The third-order valence-electron chi connectivity index (χ3n) is 7.63. The van der Waals surface area contributed by atoms with Crippen molar-refractivity contribution in [1.29, 1.82) is 0 Å². The van der Waals surface area contributed by atoms with Gasteiger partial charge < -0.3 is 5.11 Å². The Morgan fingerprint density at radius 3 is 2.40 bits per heavy atom. The van der Waals surface area contributed by atoms with E-state index >= 15 is 0 Å². The van der Waals surface area contributed by atoms with E-state index in [9.17, 15) is 5.11 Å². The molecule has 3 saturated carbocycles. The van der Waals surface area contributed by atoms with Crippen molar-refractivity contribution in [2.45, 2.75) is 78.2 Å². The first kappa shape index (κ1) is 14.6. The maximum atomic E-state index is 11.0. The van der Waals surface area contributed by atoms with Crippen LogP contribution in [0.2, 0.25) is 0 Å². The Labute approximate surface area is 124 Å². The van der Waals surface area contributed by atoms with Crippen LogP contribution >= 0.6 is 0 Å². The van der Waals surface area contributed by atoms with Gasteiger partial charge in [-0.15, -0.1) is 0 Å². The lowest BCUT2D eigenvalue weighted by Gasteiger charge is -2.59. The second-order valence-electron chi connectivity index (χ2n) is 8.56. The Hall–Kier alpha value is -0.300. The van der Waals surface area contributed by atoms with Crippen LogP contribution in [0.3, 0.4) is 0 Å². The Morgan fingerprint density at radius 2 is 1.70 bits per heavy atom. The number of hydrogen-bond donors (Lipinski definition) is 1. The largest absolute Gasteiger partial charge is 0.389 e. The molecule has 114 valence electrons. The lowest BCUT2D eigenvalue weighted by Crippen LogP contribution is -2.57. The van der Waals surface area contributed by atoms with Crippen LogP contribution in [-0.4, -0.2) is 10.7 Å². The van der Waals surface area contributed by atoms with Gasteiger partial charge in [0.15, 0.2) is 0 Å². The van der Waals surface area contributed by atoms with Gasteiger partial charge in [0.25, 0.3) is 0 Å². The highest BCUT2D eigenvalue weighted by Crippen LogP contribution is 2.64. The van der Waals surface area contributed by atoms with E-state index < -0.39 is 5.60 Å². The van der Waals surface area contributed by atoms with Crippen molar-refractivity contribution in [3.05, 3.63) is 12.2 Å². The zero-order valence-corrected chi connectivity index (χ0v) is 13.8. The molecule has 3 fully saturated rings. The number of fused-ring (bicyclic) bond motifs is 3. The van der Waals surface area contributed by atoms with E-state index in [1.54, 1.807) is 0 Å². The SMILES string of the molecule is C/C=C\C1(C)C2CCC3(C)CCCC3C2CCC1(C)O. The third-order valence-corrected chi connectivity index (χ3v) is 7.63. The van der Waals surface area contributed by atoms with Gasteiger partial charge in [-0.1, -0.05) is 32.4 Å². The predicted octanol–water partition coefficient (Wildman–Crippen LogP) is 4.95. The highest BCUT2D eigenvalue weighted by Gasteiger charge is 2.59. The number of rotatable bonds is 1. The molecule has 20 heavy (non-hydrogen) atoms. The Morgan fingerprint density at radius 1 is 0.950 bits per heavy atom. The number of hydrogen-bond acceptors (Lipinski definition) is 1. The summed E-state index contributed by atoms with van der Waals surface area (Å²) in [7, 11) is 0. The lowest BCUT2D eigenvalue weighted by molar-refractivity contribution is -0.151. The molecule has 0 aromatic rings. The minimum atomic E-state index is -0.535. The topological polar surface area (TPSA) is 20.2 Å². The van der Waals surface area contributed by atoms with Gasteiger partial charge >= 0.3 is 0 Å². The molecule has 1 N–H and O–H groups in total. The van der Waals surface area contributed by atoms with Crippen molar-refractivity contribution in [3.63, 3.8) is 0 Å². The summed E-state index contributed by atoms with van der Waals surface area (Å²) in [4.78, 5) is 0. The van der Waals surface area contributed by atoms with Gasteiger partial charge in [-0.2, -0.15) is 0 Å². The normalized spacial score (nSPS) is 55.8. The molecule has 6 atom stereocenters. The number of allylic oxidation sites excluding steroid dienone is 1. The molecule has 0 saturated heterocycles. The van der Waals surface area contributed by atoms with Crippen molar-refractivity contribution in [2.24, 2.45) is 28.6 Å². The zero-order chi connectivity index (χ0) is 14.6. The molecule has 0 aromatic heterocycles. The number of aliphatic hydroxyl groups is 1. The molecule has 0 heterocycles. The van der Waals surface area contributed by atoms with E-state index in [1.807, 2.05) is 0 Å². The molecule has 0 spiro atoms. The predicted molar refractivity (Wildman–Crippen MR) is 84.4 cm³/mol. The van der Waals surface area contributed by atoms with Crippen LogP contribution in [0.1, 0.15) is 72.6 Å². The van der Waals surface area contributed by atoms with Gasteiger partial charge in [-0.25, -0.2) is 0 Å². The van der Waals surface area contributed by atoms with Gasteiger partial charge in [0.05, 0.1) is 5.60 Å². The van der Waals surface area contributed by atoms with Gasteiger partial charge in [-0.05, 0) is 75.5 Å². The quantitative estimate of drug-likeness (QED) is 0.672. The first-order valence-corrected chi connectivity index (χ1v) is 8.70. The summed E-state index contributed by atoms with van der Waals surface area (Å²) in [6.45, 7) is 9.04. The van der Waals surface area contributed by atoms with Crippen molar-refractivity contribution in [1.82, 2.24) is 0 Å². The van der Waals surface area contributed by atoms with Gasteiger partial charge in [-0.3, -0.25) is 0 Å². The van der Waals surface area contributed by atoms with E-state index in [4.69, 9.17) is 0 Å². The minimum absolute atomic E-state index is 0.0331. The molecule has 0 amide bonds. The molecular formula is C19H32O. The van der Waals surface area contributed by atoms with E-state index in [1.165, 1.54) is 38.5 Å². The van der Waals surface area contributed by atoms with Crippen LogP contribution in [0, 0.1) is 28.6 Å². The molecule has 0 bridgehead atoms. The third kappa shape index (κ3) is 1.85. The Bertz CT molecular complexity index is 410. The lowest BCUT2D eigenvalue weighted by atomic mass is 9.47. The van der Waals surface area contributed by atoms with Crippen LogP contribution in [0.5, 0.6) is 0 Å². The zero-order valence-electron chi connectivity index (χ0n) is 13.8. The molecule has 3 aliphatic carbocycles. The van der Waals surface area contributed by atoms with E-state index in [0.29, 0.717) is 11.3 Å². The Balaban J connectivity index is 1.96. The molecule has 3 aliphatic rings. The first-order valence-electron chi connectivity index (χ1n) is 8.70. The van der Waals surface area contributed by atoms with Crippen LogP contribution < -0.4 is 0 Å². The second kappa shape index (κ2) is 4.60. The van der Waals surface area contributed by atoms with E-state index in [-0.39, 0.29) is 5.41 Å². The summed E-state index contributed by atoms with van der Waals surface area (Å²) in [6.07, 6.45) is 13.7. The smallest absolute Gasteiger partial charge is 0.0710 e. The summed E-state index contributed by atoms with van der Waals surface area (Å²) in [5.41, 5.74) is 0.0445. The highest BCUT2D eigenvalue weighted by molar-refractivity contribution is 5.16. The van der Waals surface area contributed by atoms with Crippen LogP contribution in [0.15, 0.2) is 12.2 Å². The molecule has 3 rings (SSSR count). The summed E-state index contributed by atoms with van der Waals surface area (Å²) in [6, 6.07) is 0. The van der Waals surface area contributed by atoms with Crippen LogP contribution in [-0.2, 0) is 0 Å². The van der Waals surface area contributed by atoms with Crippen LogP contribution in [0.4, 0.5) is 0 Å². The fourth-order valence-electron chi connectivity index (χ4n) is 6.19. The second-order valence-corrected chi connectivity index (χ2v) is 8.56. The summed E-state index contributed by atoms with van der Waals surface area (Å²) >= 11 is 0. The molecule has 6 unspecified atom stereocenters. The first-order chi connectivity index (χ1) is 9.34. The van der Waals surface area contributed by atoms with Crippen LogP contribution in [0.25, 0.3) is 0 Å². The fourth-order valence-corrected chi connectivity index (χ4v) is 6.19. The monoisotopic (exact) mass is 276 g/mol. The molecule has 1 heteroatoms. The van der Waals surface area contributed by atoms with Crippen molar-refractivity contribution >= 4 is 0 Å². The fraction of sp³-hybridized carbons (Fsp3) is 0.895. The summed E-state index contributed by atoms with van der Waals surface area (Å²) in [5.74, 6) is 2.44. The highest BCUT2D eigenvalue weighted by atomic mass is 16.3. The molecule has 0 radical (unpaired) electrons. The van der Waals surface area contributed by atoms with Crippen molar-refractivity contribution in [3.8, 4) is 0 Å². The maximum absolute atomic E-state index is 11.0. The standard InChI is InChI=1S/C19H32O/c1-5-10-18(3)16-9-12-17(2)11-6-7-15(17)14(16)8-13-19(18,4)20/h5,10,14-16,20H,6-9,11-13H2,1-4H3/b10-5-. The summed E-state index contributed by atoms with van der Waals surface area (Å²) in [5, 5.41) is 11.0. The van der Waals surface area contributed by atoms with Crippen molar-refractivity contribution < 1.29 is 5.11 Å². The molecule has 0 aliphatic heterocycles. The summed E-state index contributed by atoms with van der Waals surface area (Å²) < 4.78 is 0. The molecular weight excluding hydrogens is 244 g/mol. The van der Waals surface area contributed by atoms with E-state index in [2.05, 4.69) is 39.8 Å². The minimum Gasteiger partial charge on any atom is -0.389 e. The average Bonchev–Trinajstić information content (AvgIpc) is 2.76. The maximum Gasteiger partial charge on any atom is 0.0710 e. The average molecular weight is 276 g/mol. The molecule has 0 aromatic carbocycles. The van der Waals surface area contributed by atoms with Crippen molar-refractivity contribution in [2.75, 3.05) is 0 Å². The molecule has 1 nitrogen and oxygen atoms in total.